The number of nitrogens with zero attached hydrogens (tertiary/aromatic N) is 2. The molecule has 1 amide bonds. The number of rotatable bonds is 3. The van der Waals surface area contributed by atoms with Crippen LogP contribution in [0.4, 0.5) is 0 Å². The van der Waals surface area contributed by atoms with Crippen molar-refractivity contribution in [1.29, 1.82) is 0 Å². The van der Waals surface area contributed by atoms with Crippen molar-refractivity contribution in [3.63, 3.8) is 0 Å². The number of hydrogen-bond donors (Lipinski definition) is 0. The number of aromatic nitrogens is 1. The van der Waals surface area contributed by atoms with Crippen molar-refractivity contribution in [3.8, 4) is 0 Å². The maximum Gasteiger partial charge on any atom is 0.242 e. The highest BCUT2D eigenvalue weighted by Crippen LogP contribution is 2.26. The van der Waals surface area contributed by atoms with E-state index in [-0.39, 0.29) is 18.2 Å². The molecule has 5 nitrogen and oxygen atoms in total. The van der Waals surface area contributed by atoms with E-state index in [4.69, 9.17) is 9.47 Å². The van der Waals surface area contributed by atoms with Gasteiger partial charge in [0.25, 0.3) is 0 Å². The maximum atomic E-state index is 13.0. The van der Waals surface area contributed by atoms with E-state index in [1.165, 1.54) is 5.39 Å². The fourth-order valence-corrected chi connectivity index (χ4v) is 3.93. The number of benzene rings is 1. The molecule has 0 unspecified atom stereocenters. The van der Waals surface area contributed by atoms with Crippen LogP contribution in [0.1, 0.15) is 25.0 Å². The molecule has 2 aromatic rings. The number of carbonyl (C=O) groups excluding carboxylic acids is 1. The lowest BCUT2D eigenvalue weighted by Crippen LogP contribution is -2.51. The number of para-hydroxylation sites is 1. The Morgan fingerprint density at radius 3 is 2.83 bits per heavy atom. The van der Waals surface area contributed by atoms with Crippen molar-refractivity contribution in [1.82, 2.24) is 9.47 Å². The molecule has 0 bridgehead atoms. The van der Waals surface area contributed by atoms with Crippen molar-refractivity contribution in [3.05, 3.63) is 36.0 Å². The van der Waals surface area contributed by atoms with Crippen molar-refractivity contribution in [2.75, 3.05) is 19.8 Å². The van der Waals surface area contributed by atoms with Crippen molar-refractivity contribution >= 4 is 16.8 Å². The van der Waals surface area contributed by atoms with Gasteiger partial charge >= 0.3 is 0 Å². The Bertz CT molecular complexity index is 733. The summed E-state index contributed by atoms with van der Waals surface area (Å²) in [6.45, 7) is 4.49. The predicted octanol–water partition coefficient (Wildman–Crippen LogP) is 2.70. The molecule has 2 saturated heterocycles. The van der Waals surface area contributed by atoms with Gasteiger partial charge in [0.15, 0.2) is 6.29 Å². The van der Waals surface area contributed by atoms with E-state index in [2.05, 4.69) is 29.7 Å². The molecule has 128 valence electrons. The van der Waals surface area contributed by atoms with E-state index < -0.39 is 0 Å². The molecule has 1 atom stereocenters. The fraction of sp³-hybridized carbons (Fsp3) is 0.526. The smallest absolute Gasteiger partial charge is 0.242 e. The highest BCUT2D eigenvalue weighted by molar-refractivity contribution is 5.84. The number of ether oxygens (including phenoxy) is 2. The number of fused-ring (bicyclic) bond motifs is 1. The first-order valence-electron chi connectivity index (χ1n) is 8.81. The van der Waals surface area contributed by atoms with E-state index in [0.29, 0.717) is 19.8 Å². The normalized spacial score (nSPS) is 22.4. The van der Waals surface area contributed by atoms with Crippen LogP contribution >= 0.6 is 0 Å². The Balaban J connectivity index is 1.56. The number of carbonyl (C=O) groups is 1. The van der Waals surface area contributed by atoms with Gasteiger partial charge in [0.2, 0.25) is 5.91 Å². The van der Waals surface area contributed by atoms with Crippen LogP contribution in [0, 0.1) is 6.92 Å². The molecule has 2 aliphatic heterocycles. The molecule has 1 aromatic heterocycles. The molecule has 24 heavy (non-hydrogen) atoms. The van der Waals surface area contributed by atoms with Crippen LogP contribution in [0.15, 0.2) is 30.3 Å². The first-order chi connectivity index (χ1) is 11.7. The molecule has 0 radical (unpaired) electrons. The summed E-state index contributed by atoms with van der Waals surface area (Å²) >= 11 is 0. The summed E-state index contributed by atoms with van der Waals surface area (Å²) in [6.07, 6.45) is 2.89. The first kappa shape index (κ1) is 15.7. The van der Waals surface area contributed by atoms with Gasteiger partial charge in [-0.15, -0.1) is 0 Å². The minimum Gasteiger partial charge on any atom is -0.348 e. The van der Waals surface area contributed by atoms with Crippen molar-refractivity contribution in [2.24, 2.45) is 0 Å². The third-order valence-electron chi connectivity index (χ3n) is 5.14. The summed E-state index contributed by atoms with van der Waals surface area (Å²) in [4.78, 5) is 15.0. The standard InChI is InChI=1S/C19H24N2O3/c1-14-12-15-6-2-3-7-16(15)21(14)13-18(22)20-9-5-4-8-17(20)19-23-10-11-24-19/h2-3,6-7,12,17,19H,4-5,8-11,13H2,1H3/t17-/m0/s1. The number of hydrogen-bond acceptors (Lipinski definition) is 3. The third kappa shape index (κ3) is 2.82. The molecule has 1 aromatic carbocycles. The predicted molar refractivity (Wildman–Crippen MR) is 91.7 cm³/mol. The van der Waals surface area contributed by atoms with Gasteiger partial charge in [-0.05, 0) is 43.7 Å². The van der Waals surface area contributed by atoms with E-state index in [1.807, 2.05) is 17.0 Å². The lowest BCUT2D eigenvalue weighted by Gasteiger charge is -2.38. The maximum absolute atomic E-state index is 13.0. The molecule has 0 spiro atoms. The summed E-state index contributed by atoms with van der Waals surface area (Å²) in [7, 11) is 0. The monoisotopic (exact) mass is 328 g/mol. The van der Waals surface area contributed by atoms with Crippen LogP contribution in [0.2, 0.25) is 0 Å². The van der Waals surface area contributed by atoms with Gasteiger partial charge in [-0.1, -0.05) is 18.2 Å². The molecule has 5 heteroatoms. The van der Waals surface area contributed by atoms with E-state index in [1.54, 1.807) is 0 Å². The topological polar surface area (TPSA) is 43.7 Å². The summed E-state index contributed by atoms with van der Waals surface area (Å²) in [5.74, 6) is 0.156. The second-order valence-corrected chi connectivity index (χ2v) is 6.69. The van der Waals surface area contributed by atoms with Crippen LogP contribution in [0.5, 0.6) is 0 Å². The van der Waals surface area contributed by atoms with Gasteiger partial charge < -0.3 is 18.9 Å². The van der Waals surface area contributed by atoms with E-state index >= 15 is 0 Å². The number of aryl methyl sites for hydroxylation is 1. The zero-order valence-electron chi connectivity index (χ0n) is 14.1. The summed E-state index contributed by atoms with van der Waals surface area (Å²) in [5, 5.41) is 1.18. The van der Waals surface area contributed by atoms with Gasteiger partial charge in [0.1, 0.15) is 6.54 Å². The van der Waals surface area contributed by atoms with Crippen LogP contribution in [-0.2, 0) is 20.8 Å². The summed E-state index contributed by atoms with van der Waals surface area (Å²) < 4.78 is 13.5. The van der Waals surface area contributed by atoms with Crippen LogP contribution in [-0.4, -0.2) is 47.5 Å². The number of amides is 1. The average molecular weight is 328 g/mol. The van der Waals surface area contributed by atoms with Gasteiger partial charge in [-0.3, -0.25) is 4.79 Å². The molecular weight excluding hydrogens is 304 g/mol. The summed E-state index contributed by atoms with van der Waals surface area (Å²) in [5.41, 5.74) is 2.23. The molecular formula is C19H24N2O3. The highest BCUT2D eigenvalue weighted by atomic mass is 16.7. The quantitative estimate of drug-likeness (QED) is 0.870. The van der Waals surface area contributed by atoms with Crippen molar-refractivity contribution < 1.29 is 14.3 Å². The zero-order chi connectivity index (χ0) is 16.5. The summed E-state index contributed by atoms with van der Waals surface area (Å²) in [6, 6.07) is 10.4. The molecule has 3 heterocycles. The van der Waals surface area contributed by atoms with Gasteiger partial charge in [0.05, 0.1) is 19.3 Å². The molecule has 2 fully saturated rings. The van der Waals surface area contributed by atoms with Crippen molar-refractivity contribution in [2.45, 2.75) is 45.1 Å². The number of piperidine rings is 1. The van der Waals surface area contributed by atoms with Gasteiger partial charge in [0, 0.05) is 17.8 Å². The van der Waals surface area contributed by atoms with Gasteiger partial charge in [-0.25, -0.2) is 0 Å². The Labute approximate surface area is 142 Å². The van der Waals surface area contributed by atoms with Crippen LogP contribution in [0.3, 0.4) is 0 Å². The molecule has 2 aliphatic rings. The van der Waals surface area contributed by atoms with Crippen LogP contribution < -0.4 is 0 Å². The number of likely N-dealkylation sites (tertiary alicyclic amines) is 1. The Hall–Kier alpha value is -1.85. The minimum atomic E-state index is -0.253. The minimum absolute atomic E-state index is 0.0517. The van der Waals surface area contributed by atoms with E-state index in [9.17, 15) is 4.79 Å². The molecule has 0 N–H and O–H groups in total. The Morgan fingerprint density at radius 2 is 2.00 bits per heavy atom. The first-order valence-corrected chi connectivity index (χ1v) is 8.81. The SMILES string of the molecule is Cc1cc2ccccc2n1CC(=O)N1CCCC[C@H]1C1OCCO1. The van der Waals surface area contributed by atoms with Gasteiger partial charge in [-0.2, -0.15) is 0 Å². The second kappa shape index (κ2) is 6.57. The largest absolute Gasteiger partial charge is 0.348 e. The lowest BCUT2D eigenvalue weighted by molar-refractivity contribution is -0.151. The van der Waals surface area contributed by atoms with E-state index in [0.717, 1.165) is 37.0 Å². The average Bonchev–Trinajstić information content (AvgIpc) is 3.24. The molecule has 0 aliphatic carbocycles. The second-order valence-electron chi connectivity index (χ2n) is 6.69. The third-order valence-corrected chi connectivity index (χ3v) is 5.14. The Kier molecular flexibility index (Phi) is 4.29. The fourth-order valence-electron chi connectivity index (χ4n) is 3.93. The highest BCUT2D eigenvalue weighted by Gasteiger charge is 2.36. The Morgan fingerprint density at radius 1 is 1.21 bits per heavy atom. The molecule has 4 rings (SSSR count). The zero-order valence-corrected chi connectivity index (χ0v) is 14.1. The lowest BCUT2D eigenvalue weighted by atomic mass is 10.0. The van der Waals surface area contributed by atoms with Crippen LogP contribution in [0.25, 0.3) is 10.9 Å². The molecule has 0 saturated carbocycles.